The van der Waals surface area contributed by atoms with Gasteiger partial charge in [-0.25, -0.2) is 13.1 Å². The van der Waals surface area contributed by atoms with Crippen molar-refractivity contribution in [3.8, 4) is 0 Å². The number of halogens is 1. The summed E-state index contributed by atoms with van der Waals surface area (Å²) in [5.74, 6) is 0.460. The van der Waals surface area contributed by atoms with Crippen molar-refractivity contribution in [1.82, 2.24) is 14.9 Å². The fraction of sp³-hybridized carbons (Fsp3) is 1.00. The highest BCUT2D eigenvalue weighted by Crippen LogP contribution is 2.28. The third kappa shape index (κ3) is 5.85. The molecule has 2 N–H and O–H groups in total. The van der Waals surface area contributed by atoms with Gasteiger partial charge in [0.15, 0.2) is 0 Å². The van der Waals surface area contributed by atoms with Crippen LogP contribution in [0.1, 0.15) is 26.2 Å². The van der Waals surface area contributed by atoms with Crippen molar-refractivity contribution in [2.45, 2.75) is 26.2 Å². The van der Waals surface area contributed by atoms with Gasteiger partial charge in [-0.2, -0.15) is 0 Å². The fourth-order valence-electron chi connectivity index (χ4n) is 3.27. The van der Waals surface area contributed by atoms with Gasteiger partial charge in [0.05, 0.1) is 6.26 Å². The average Bonchev–Trinajstić information content (AvgIpc) is 2.73. The first-order chi connectivity index (χ1) is 8.86. The summed E-state index contributed by atoms with van der Waals surface area (Å²) in [6.45, 7) is 8.49. The van der Waals surface area contributed by atoms with Crippen LogP contribution in [-0.4, -0.2) is 58.8 Å². The predicted octanol–water partition coefficient (Wildman–Crippen LogP) is 0.669. The number of likely N-dealkylation sites (tertiary alicyclic amines) is 1. The summed E-state index contributed by atoms with van der Waals surface area (Å²) in [6.07, 6.45) is 4.79. The lowest BCUT2D eigenvalue weighted by molar-refractivity contribution is 0.121. The lowest BCUT2D eigenvalue weighted by Crippen LogP contribution is -2.45. The maximum Gasteiger partial charge on any atom is 0.208 e. The highest BCUT2D eigenvalue weighted by atomic mass is 35.5. The molecule has 5 nitrogen and oxygen atoms in total. The Kier molecular flexibility index (Phi) is 6.73. The highest BCUT2D eigenvalue weighted by Gasteiger charge is 2.32. The monoisotopic (exact) mass is 325 g/mol. The number of nitrogens with one attached hydrogen (secondary N) is 2. The van der Waals surface area contributed by atoms with E-state index in [1.54, 1.807) is 0 Å². The van der Waals surface area contributed by atoms with Gasteiger partial charge in [-0.05, 0) is 43.7 Å². The molecule has 2 aliphatic heterocycles. The van der Waals surface area contributed by atoms with Gasteiger partial charge in [0.2, 0.25) is 10.0 Å². The molecule has 0 radical (unpaired) electrons. The lowest BCUT2D eigenvalue weighted by atomic mass is 9.87. The van der Waals surface area contributed by atoms with Gasteiger partial charge < -0.3 is 10.2 Å². The largest absolute Gasteiger partial charge is 0.316 e. The lowest BCUT2D eigenvalue weighted by Gasteiger charge is -2.37. The van der Waals surface area contributed by atoms with Crippen LogP contribution < -0.4 is 10.0 Å². The van der Waals surface area contributed by atoms with E-state index >= 15 is 0 Å². The third-order valence-electron chi connectivity index (χ3n) is 4.30. The molecule has 7 heteroatoms. The van der Waals surface area contributed by atoms with Crippen LogP contribution in [0.4, 0.5) is 0 Å². The molecule has 0 aliphatic carbocycles. The maximum atomic E-state index is 11.2. The SMILES string of the molecule is CC1(CN2CCCC(CNS(C)(=O)=O)C2)CCNC1.Cl. The molecule has 2 atom stereocenters. The number of nitrogens with zero attached hydrogens (tertiary/aromatic N) is 1. The zero-order chi connectivity index (χ0) is 13.9. The molecule has 20 heavy (non-hydrogen) atoms. The van der Waals surface area contributed by atoms with E-state index in [1.807, 2.05) is 0 Å². The molecule has 0 aromatic heterocycles. The number of hydrogen-bond acceptors (Lipinski definition) is 4. The normalized spacial score (nSPS) is 32.0. The molecule has 0 amide bonds. The Bertz CT molecular complexity index is 396. The number of sulfonamides is 1. The van der Waals surface area contributed by atoms with Crippen LogP contribution >= 0.6 is 12.4 Å². The van der Waals surface area contributed by atoms with E-state index in [0.717, 1.165) is 39.1 Å². The standard InChI is InChI=1S/C13H27N3O2S.ClH/c1-13(5-6-14-10-13)11-16-7-3-4-12(9-16)8-15-19(2,17)18;/h12,14-15H,3-11H2,1-2H3;1H. The summed E-state index contributed by atoms with van der Waals surface area (Å²) < 4.78 is 25.0. The van der Waals surface area contributed by atoms with Crippen LogP contribution in [0.15, 0.2) is 0 Å². The Morgan fingerprint density at radius 3 is 2.80 bits per heavy atom. The molecule has 0 aromatic carbocycles. The molecule has 120 valence electrons. The summed E-state index contributed by atoms with van der Waals surface area (Å²) in [4.78, 5) is 2.52. The summed E-state index contributed by atoms with van der Waals surface area (Å²) >= 11 is 0. The van der Waals surface area contributed by atoms with Crippen LogP contribution in [0.3, 0.4) is 0 Å². The van der Waals surface area contributed by atoms with E-state index in [1.165, 1.54) is 19.1 Å². The first-order valence-corrected chi connectivity index (χ1v) is 9.13. The van der Waals surface area contributed by atoms with E-state index in [0.29, 0.717) is 17.9 Å². The molecule has 2 unspecified atom stereocenters. The van der Waals surface area contributed by atoms with E-state index in [9.17, 15) is 8.42 Å². The van der Waals surface area contributed by atoms with Crippen molar-refractivity contribution in [1.29, 1.82) is 0 Å². The van der Waals surface area contributed by atoms with Crippen LogP contribution in [0.25, 0.3) is 0 Å². The number of hydrogen-bond donors (Lipinski definition) is 2. The molecular formula is C13H28ClN3O2S. The predicted molar refractivity (Wildman–Crippen MR) is 84.9 cm³/mol. The number of piperidine rings is 1. The molecule has 2 saturated heterocycles. The second kappa shape index (κ2) is 7.40. The third-order valence-corrected chi connectivity index (χ3v) is 4.99. The van der Waals surface area contributed by atoms with Gasteiger partial charge in [-0.3, -0.25) is 0 Å². The minimum Gasteiger partial charge on any atom is -0.316 e. The minimum atomic E-state index is -3.05. The molecule has 2 heterocycles. The fourth-order valence-corrected chi connectivity index (χ4v) is 3.81. The Balaban J connectivity index is 0.00000200. The quantitative estimate of drug-likeness (QED) is 0.780. The van der Waals surface area contributed by atoms with Crippen LogP contribution in [0.5, 0.6) is 0 Å². The molecule has 2 rings (SSSR count). The van der Waals surface area contributed by atoms with Gasteiger partial charge in [0.1, 0.15) is 0 Å². The summed E-state index contributed by atoms with van der Waals surface area (Å²) in [6, 6.07) is 0. The first kappa shape index (κ1) is 18.2. The number of rotatable bonds is 5. The second-order valence-electron chi connectivity index (χ2n) is 6.60. The van der Waals surface area contributed by atoms with Crippen LogP contribution in [-0.2, 0) is 10.0 Å². The first-order valence-electron chi connectivity index (χ1n) is 7.24. The van der Waals surface area contributed by atoms with Gasteiger partial charge in [-0.15, -0.1) is 12.4 Å². The zero-order valence-electron chi connectivity index (χ0n) is 12.5. The van der Waals surface area contributed by atoms with E-state index in [4.69, 9.17) is 0 Å². The summed E-state index contributed by atoms with van der Waals surface area (Å²) in [7, 11) is -3.05. The Morgan fingerprint density at radius 2 is 2.20 bits per heavy atom. The van der Waals surface area contributed by atoms with Gasteiger partial charge in [0.25, 0.3) is 0 Å². The molecule has 0 spiro atoms. The Labute approximate surface area is 129 Å². The Hall–Kier alpha value is 0.120. The van der Waals surface area contributed by atoms with Gasteiger partial charge in [0, 0.05) is 26.2 Å². The zero-order valence-corrected chi connectivity index (χ0v) is 14.2. The Morgan fingerprint density at radius 1 is 1.45 bits per heavy atom. The van der Waals surface area contributed by atoms with Crippen molar-refractivity contribution < 1.29 is 8.42 Å². The molecule has 2 fully saturated rings. The van der Waals surface area contributed by atoms with Crippen LogP contribution in [0, 0.1) is 11.3 Å². The van der Waals surface area contributed by atoms with Crippen LogP contribution in [0.2, 0.25) is 0 Å². The highest BCUT2D eigenvalue weighted by molar-refractivity contribution is 7.88. The average molecular weight is 326 g/mol. The van der Waals surface area contributed by atoms with E-state index < -0.39 is 10.0 Å². The van der Waals surface area contributed by atoms with Crippen molar-refractivity contribution in [3.63, 3.8) is 0 Å². The molecule has 0 saturated carbocycles. The van der Waals surface area contributed by atoms with Crippen molar-refractivity contribution in [3.05, 3.63) is 0 Å². The summed E-state index contributed by atoms with van der Waals surface area (Å²) in [5.41, 5.74) is 0.395. The maximum absolute atomic E-state index is 11.2. The second-order valence-corrected chi connectivity index (χ2v) is 8.43. The van der Waals surface area contributed by atoms with Crippen molar-refractivity contribution in [2.24, 2.45) is 11.3 Å². The minimum absolute atomic E-state index is 0. The van der Waals surface area contributed by atoms with E-state index in [2.05, 4.69) is 21.9 Å². The molecule has 0 bridgehead atoms. The summed E-state index contributed by atoms with van der Waals surface area (Å²) in [5, 5.41) is 3.44. The van der Waals surface area contributed by atoms with Crippen molar-refractivity contribution in [2.75, 3.05) is 45.5 Å². The van der Waals surface area contributed by atoms with Crippen molar-refractivity contribution >= 4 is 22.4 Å². The van der Waals surface area contributed by atoms with Gasteiger partial charge >= 0.3 is 0 Å². The molecule has 2 aliphatic rings. The van der Waals surface area contributed by atoms with E-state index in [-0.39, 0.29) is 12.4 Å². The molecule has 0 aromatic rings. The molecular weight excluding hydrogens is 298 g/mol. The topological polar surface area (TPSA) is 61.4 Å². The van der Waals surface area contributed by atoms with Gasteiger partial charge in [-0.1, -0.05) is 6.92 Å². The smallest absolute Gasteiger partial charge is 0.208 e.